The Morgan fingerprint density at radius 3 is 2.70 bits per heavy atom. The van der Waals surface area contributed by atoms with E-state index in [0.29, 0.717) is 32.6 Å². The third kappa shape index (κ3) is 2.46. The summed E-state index contributed by atoms with van der Waals surface area (Å²) in [7, 11) is -3.71. The second-order valence-electron chi connectivity index (χ2n) is 5.01. The first kappa shape index (κ1) is 13.9. The van der Waals surface area contributed by atoms with Crippen LogP contribution in [0.3, 0.4) is 0 Å². The highest BCUT2D eigenvalue weighted by molar-refractivity contribution is 7.89. The molecule has 0 N–H and O–H groups in total. The average Bonchev–Trinajstić information content (AvgIpc) is 2.87. The first-order valence-electron chi connectivity index (χ1n) is 6.56. The predicted molar refractivity (Wildman–Crippen MR) is 69.0 cm³/mol. The standard InChI is InChI=1S/C13H16FNO4S/c14-11-3-1-4-12(9-11)20(16,17)15-6-2-5-13(10-15)18-7-8-19-13/h1,3-4,9H,2,5-8,10H2. The highest BCUT2D eigenvalue weighted by Gasteiger charge is 2.44. The summed E-state index contributed by atoms with van der Waals surface area (Å²) in [6, 6.07) is 5.05. The Morgan fingerprint density at radius 2 is 2.00 bits per heavy atom. The summed E-state index contributed by atoms with van der Waals surface area (Å²) in [5, 5.41) is 0. The molecule has 5 nitrogen and oxygen atoms in total. The summed E-state index contributed by atoms with van der Waals surface area (Å²) in [6.45, 7) is 1.51. The van der Waals surface area contributed by atoms with Crippen LogP contribution in [-0.2, 0) is 19.5 Å². The van der Waals surface area contributed by atoms with Gasteiger partial charge in [0.1, 0.15) is 5.82 Å². The van der Waals surface area contributed by atoms with E-state index in [0.717, 1.165) is 6.07 Å². The molecule has 0 unspecified atom stereocenters. The fourth-order valence-corrected chi connectivity index (χ4v) is 4.21. The van der Waals surface area contributed by atoms with Crippen LogP contribution in [0.1, 0.15) is 12.8 Å². The van der Waals surface area contributed by atoms with Crippen molar-refractivity contribution in [2.45, 2.75) is 23.5 Å². The molecule has 0 radical (unpaired) electrons. The van der Waals surface area contributed by atoms with Crippen LogP contribution in [0, 0.1) is 5.82 Å². The monoisotopic (exact) mass is 301 g/mol. The highest BCUT2D eigenvalue weighted by Crippen LogP contribution is 2.32. The zero-order valence-corrected chi connectivity index (χ0v) is 11.7. The van der Waals surface area contributed by atoms with E-state index in [1.807, 2.05) is 0 Å². The van der Waals surface area contributed by atoms with Crippen molar-refractivity contribution in [3.8, 4) is 0 Å². The van der Waals surface area contributed by atoms with Crippen molar-refractivity contribution in [1.82, 2.24) is 4.31 Å². The first-order valence-corrected chi connectivity index (χ1v) is 8.00. The summed E-state index contributed by atoms with van der Waals surface area (Å²) >= 11 is 0. The van der Waals surface area contributed by atoms with Crippen molar-refractivity contribution in [2.24, 2.45) is 0 Å². The van der Waals surface area contributed by atoms with Crippen molar-refractivity contribution in [1.29, 1.82) is 0 Å². The normalized spacial score (nSPS) is 23.2. The van der Waals surface area contributed by atoms with Crippen molar-refractivity contribution < 1.29 is 22.3 Å². The maximum atomic E-state index is 13.2. The van der Waals surface area contributed by atoms with Gasteiger partial charge in [-0.1, -0.05) is 6.07 Å². The zero-order valence-electron chi connectivity index (χ0n) is 10.9. The lowest BCUT2D eigenvalue weighted by atomic mass is 10.1. The number of hydrogen-bond acceptors (Lipinski definition) is 4. The van der Waals surface area contributed by atoms with Gasteiger partial charge in [-0.3, -0.25) is 0 Å². The van der Waals surface area contributed by atoms with E-state index in [9.17, 15) is 12.8 Å². The summed E-state index contributed by atoms with van der Waals surface area (Å²) in [5.74, 6) is -1.38. The molecule has 0 aliphatic carbocycles. The second kappa shape index (κ2) is 5.07. The Morgan fingerprint density at radius 1 is 1.25 bits per heavy atom. The van der Waals surface area contributed by atoms with Gasteiger partial charge in [-0.25, -0.2) is 12.8 Å². The largest absolute Gasteiger partial charge is 0.346 e. The molecule has 0 saturated carbocycles. The molecule has 0 amide bonds. The topological polar surface area (TPSA) is 55.8 Å². The van der Waals surface area contributed by atoms with Gasteiger partial charge in [-0.15, -0.1) is 0 Å². The lowest BCUT2D eigenvalue weighted by molar-refractivity contribution is -0.179. The molecule has 0 bridgehead atoms. The van der Waals surface area contributed by atoms with E-state index >= 15 is 0 Å². The molecule has 2 saturated heterocycles. The maximum Gasteiger partial charge on any atom is 0.243 e. The quantitative estimate of drug-likeness (QED) is 0.827. The molecule has 7 heteroatoms. The molecular weight excluding hydrogens is 285 g/mol. The Bertz CT molecular complexity index is 598. The fourth-order valence-electron chi connectivity index (χ4n) is 2.67. The molecule has 2 aliphatic heterocycles. The van der Waals surface area contributed by atoms with Gasteiger partial charge in [-0.05, 0) is 24.6 Å². The molecule has 2 heterocycles. The molecule has 1 aromatic rings. The number of hydrogen-bond donors (Lipinski definition) is 0. The predicted octanol–water partition coefficient (Wildman–Crippen LogP) is 1.35. The van der Waals surface area contributed by atoms with Crippen molar-refractivity contribution in [2.75, 3.05) is 26.3 Å². The first-order chi connectivity index (χ1) is 9.52. The Labute approximate surface area is 117 Å². The van der Waals surface area contributed by atoms with Crippen LogP contribution in [0.25, 0.3) is 0 Å². The van der Waals surface area contributed by atoms with Crippen LogP contribution in [0.15, 0.2) is 29.2 Å². The van der Waals surface area contributed by atoms with Gasteiger partial charge in [0.05, 0.1) is 24.7 Å². The van der Waals surface area contributed by atoms with Gasteiger partial charge in [0.2, 0.25) is 10.0 Å². The third-order valence-corrected chi connectivity index (χ3v) is 5.47. The Hall–Kier alpha value is -1.02. The van der Waals surface area contributed by atoms with E-state index in [1.54, 1.807) is 0 Å². The van der Waals surface area contributed by atoms with Gasteiger partial charge in [0.25, 0.3) is 0 Å². The van der Waals surface area contributed by atoms with E-state index in [4.69, 9.17) is 9.47 Å². The highest BCUT2D eigenvalue weighted by atomic mass is 32.2. The summed E-state index contributed by atoms with van der Waals surface area (Å²) in [6.07, 6.45) is 1.34. The van der Waals surface area contributed by atoms with E-state index < -0.39 is 21.6 Å². The molecule has 3 rings (SSSR count). The average molecular weight is 301 g/mol. The van der Waals surface area contributed by atoms with Crippen LogP contribution in [0.5, 0.6) is 0 Å². The third-order valence-electron chi connectivity index (χ3n) is 3.63. The number of ether oxygens (including phenoxy) is 2. The van der Waals surface area contributed by atoms with Gasteiger partial charge < -0.3 is 9.47 Å². The molecule has 1 aromatic carbocycles. The van der Waals surface area contributed by atoms with Crippen molar-refractivity contribution in [3.63, 3.8) is 0 Å². The Kier molecular flexibility index (Phi) is 3.53. The van der Waals surface area contributed by atoms with Crippen LogP contribution in [0.2, 0.25) is 0 Å². The van der Waals surface area contributed by atoms with Gasteiger partial charge in [0.15, 0.2) is 5.79 Å². The maximum absolute atomic E-state index is 13.2. The number of nitrogens with zero attached hydrogens (tertiary/aromatic N) is 1. The van der Waals surface area contributed by atoms with Crippen LogP contribution >= 0.6 is 0 Å². The SMILES string of the molecule is O=S(=O)(c1cccc(F)c1)N1CCCC2(C1)OCCO2. The smallest absolute Gasteiger partial charge is 0.243 e. The molecule has 110 valence electrons. The molecule has 2 fully saturated rings. The molecule has 0 aromatic heterocycles. The van der Waals surface area contributed by atoms with E-state index in [1.165, 1.54) is 22.5 Å². The summed E-state index contributed by atoms with van der Waals surface area (Å²) in [5.41, 5.74) is 0. The van der Waals surface area contributed by atoms with Gasteiger partial charge >= 0.3 is 0 Å². The number of benzene rings is 1. The van der Waals surface area contributed by atoms with Crippen LogP contribution in [-0.4, -0.2) is 44.8 Å². The number of piperidine rings is 1. The number of sulfonamides is 1. The van der Waals surface area contributed by atoms with E-state index in [2.05, 4.69) is 0 Å². The van der Waals surface area contributed by atoms with Gasteiger partial charge in [0, 0.05) is 13.0 Å². The lowest BCUT2D eigenvalue weighted by Gasteiger charge is -2.37. The van der Waals surface area contributed by atoms with Gasteiger partial charge in [-0.2, -0.15) is 4.31 Å². The molecule has 0 atom stereocenters. The zero-order chi connectivity index (χ0) is 14.2. The molecule has 2 aliphatic rings. The minimum Gasteiger partial charge on any atom is -0.346 e. The number of halogens is 1. The lowest BCUT2D eigenvalue weighted by Crippen LogP contribution is -2.50. The minimum absolute atomic E-state index is 0.0347. The van der Waals surface area contributed by atoms with Crippen LogP contribution in [0.4, 0.5) is 4.39 Å². The Balaban J connectivity index is 1.87. The summed E-state index contributed by atoms with van der Waals surface area (Å²) in [4.78, 5) is -0.0347. The molecule has 20 heavy (non-hydrogen) atoms. The molecule has 1 spiro atoms. The van der Waals surface area contributed by atoms with Crippen molar-refractivity contribution >= 4 is 10.0 Å². The molecular formula is C13H16FNO4S. The van der Waals surface area contributed by atoms with E-state index in [-0.39, 0.29) is 11.4 Å². The fraction of sp³-hybridized carbons (Fsp3) is 0.538. The summed E-state index contributed by atoms with van der Waals surface area (Å²) < 4.78 is 50.7. The van der Waals surface area contributed by atoms with Crippen LogP contribution < -0.4 is 0 Å². The minimum atomic E-state index is -3.71. The second-order valence-corrected chi connectivity index (χ2v) is 6.95. The van der Waals surface area contributed by atoms with Crippen molar-refractivity contribution in [3.05, 3.63) is 30.1 Å². The number of rotatable bonds is 2.